The molecule has 0 radical (unpaired) electrons. The van der Waals surface area contributed by atoms with E-state index in [1.54, 1.807) is 6.07 Å². The highest BCUT2D eigenvalue weighted by Crippen LogP contribution is 2.35. The van der Waals surface area contributed by atoms with Crippen LogP contribution in [-0.2, 0) is 0 Å². The molecular formula is C14H7ClN4O3S. The van der Waals surface area contributed by atoms with Gasteiger partial charge in [0.25, 0.3) is 11.8 Å². The van der Waals surface area contributed by atoms with E-state index >= 15 is 0 Å². The SMILES string of the molecule is O=C(Nc1nnc(-c2ccno2)o1)c1sc2ccccc2c1Cl. The number of hydrogen-bond acceptors (Lipinski definition) is 7. The van der Waals surface area contributed by atoms with Crippen molar-refractivity contribution in [1.82, 2.24) is 15.4 Å². The topological polar surface area (TPSA) is 94.1 Å². The molecule has 0 fully saturated rings. The standard InChI is InChI=1S/C14H7ClN4O3S/c15-10-7-3-1-2-4-9(7)23-11(10)12(20)17-14-19-18-13(21-14)8-5-6-16-22-8/h1-6H,(H,17,19,20). The maximum atomic E-state index is 12.4. The molecule has 4 aromatic rings. The highest BCUT2D eigenvalue weighted by molar-refractivity contribution is 7.21. The van der Waals surface area contributed by atoms with Gasteiger partial charge in [0, 0.05) is 16.2 Å². The van der Waals surface area contributed by atoms with E-state index in [0.29, 0.717) is 15.7 Å². The van der Waals surface area contributed by atoms with E-state index in [9.17, 15) is 4.79 Å². The number of amides is 1. The van der Waals surface area contributed by atoms with E-state index in [1.807, 2.05) is 24.3 Å². The molecule has 0 aliphatic rings. The van der Waals surface area contributed by atoms with Crippen LogP contribution in [0.5, 0.6) is 0 Å². The van der Waals surface area contributed by atoms with E-state index in [1.165, 1.54) is 17.5 Å². The number of anilines is 1. The summed E-state index contributed by atoms with van der Waals surface area (Å²) in [4.78, 5) is 12.7. The van der Waals surface area contributed by atoms with Crippen LogP contribution in [-0.4, -0.2) is 21.3 Å². The number of fused-ring (bicyclic) bond motifs is 1. The fourth-order valence-corrected chi connectivity index (χ4v) is 3.43. The van der Waals surface area contributed by atoms with E-state index < -0.39 is 5.91 Å². The predicted molar refractivity (Wildman–Crippen MR) is 84.6 cm³/mol. The largest absolute Gasteiger partial charge is 0.400 e. The minimum atomic E-state index is -0.413. The van der Waals surface area contributed by atoms with Crippen molar-refractivity contribution in [2.45, 2.75) is 0 Å². The van der Waals surface area contributed by atoms with Crippen LogP contribution >= 0.6 is 22.9 Å². The van der Waals surface area contributed by atoms with Crippen molar-refractivity contribution in [1.29, 1.82) is 0 Å². The number of thiophene rings is 1. The molecule has 0 atom stereocenters. The molecule has 0 aliphatic carbocycles. The smallest absolute Gasteiger partial charge is 0.322 e. The molecule has 0 spiro atoms. The maximum absolute atomic E-state index is 12.4. The highest BCUT2D eigenvalue weighted by Gasteiger charge is 2.20. The van der Waals surface area contributed by atoms with Gasteiger partial charge in [-0.1, -0.05) is 40.1 Å². The monoisotopic (exact) mass is 346 g/mol. The van der Waals surface area contributed by atoms with Crippen molar-refractivity contribution < 1.29 is 13.7 Å². The fourth-order valence-electron chi connectivity index (χ4n) is 2.01. The Morgan fingerprint density at radius 2 is 2.09 bits per heavy atom. The Labute approximate surface area is 137 Å². The summed E-state index contributed by atoms with van der Waals surface area (Å²) < 4.78 is 11.1. The van der Waals surface area contributed by atoms with Gasteiger partial charge in [-0.25, -0.2) is 0 Å². The summed E-state index contributed by atoms with van der Waals surface area (Å²) in [5.74, 6) is 0.0297. The first kappa shape index (κ1) is 13.9. The van der Waals surface area contributed by atoms with Gasteiger partial charge in [0.2, 0.25) is 5.76 Å². The summed E-state index contributed by atoms with van der Waals surface area (Å²) in [6.07, 6.45) is 1.45. The van der Waals surface area contributed by atoms with Crippen molar-refractivity contribution in [2.24, 2.45) is 0 Å². The molecule has 114 valence electrons. The molecule has 9 heteroatoms. The Balaban J connectivity index is 1.61. The van der Waals surface area contributed by atoms with Crippen LogP contribution in [0.25, 0.3) is 21.7 Å². The molecule has 0 aliphatic heterocycles. The minimum absolute atomic E-state index is 0.0464. The Kier molecular flexibility index (Phi) is 3.32. The van der Waals surface area contributed by atoms with Crippen molar-refractivity contribution in [3.8, 4) is 11.7 Å². The molecule has 7 nitrogen and oxygen atoms in total. The van der Waals surface area contributed by atoms with Gasteiger partial charge in [-0.15, -0.1) is 16.4 Å². The summed E-state index contributed by atoms with van der Waals surface area (Å²) in [5.41, 5.74) is 0. The van der Waals surface area contributed by atoms with Gasteiger partial charge in [0.1, 0.15) is 4.88 Å². The predicted octanol–water partition coefficient (Wildman–Crippen LogP) is 3.85. The van der Waals surface area contributed by atoms with Crippen molar-refractivity contribution in [2.75, 3.05) is 5.32 Å². The Morgan fingerprint density at radius 3 is 2.87 bits per heavy atom. The number of aromatic nitrogens is 3. The zero-order valence-electron chi connectivity index (χ0n) is 11.3. The molecule has 0 unspecified atom stereocenters. The number of hydrogen-bond donors (Lipinski definition) is 1. The van der Waals surface area contributed by atoms with Crippen molar-refractivity contribution in [3.63, 3.8) is 0 Å². The quantitative estimate of drug-likeness (QED) is 0.605. The van der Waals surface area contributed by atoms with E-state index in [0.717, 1.165) is 10.1 Å². The Morgan fingerprint density at radius 1 is 1.22 bits per heavy atom. The third kappa shape index (κ3) is 2.47. The van der Waals surface area contributed by atoms with Crippen LogP contribution in [0.4, 0.5) is 6.01 Å². The van der Waals surface area contributed by atoms with Crippen molar-refractivity contribution >= 4 is 44.9 Å². The summed E-state index contributed by atoms with van der Waals surface area (Å²) in [6.45, 7) is 0. The van der Waals surface area contributed by atoms with Crippen LogP contribution in [0.15, 0.2) is 45.5 Å². The zero-order chi connectivity index (χ0) is 15.8. The lowest BCUT2D eigenvalue weighted by molar-refractivity contribution is 0.102. The molecule has 23 heavy (non-hydrogen) atoms. The number of nitrogens with zero attached hydrogens (tertiary/aromatic N) is 3. The second kappa shape index (κ2) is 5.49. The lowest BCUT2D eigenvalue weighted by Gasteiger charge is -1.97. The number of carbonyl (C=O) groups is 1. The summed E-state index contributed by atoms with van der Waals surface area (Å²) in [7, 11) is 0. The minimum Gasteiger partial charge on any atom is -0.400 e. The number of benzene rings is 1. The molecule has 0 saturated heterocycles. The fraction of sp³-hybridized carbons (Fsp3) is 0. The molecule has 1 amide bonds. The maximum Gasteiger partial charge on any atom is 0.322 e. The van der Waals surface area contributed by atoms with Gasteiger partial charge in [-0.2, -0.15) is 0 Å². The number of nitrogens with one attached hydrogen (secondary N) is 1. The van der Waals surface area contributed by atoms with E-state index in [4.69, 9.17) is 20.5 Å². The van der Waals surface area contributed by atoms with E-state index in [2.05, 4.69) is 20.7 Å². The molecule has 1 N–H and O–H groups in total. The van der Waals surface area contributed by atoms with Gasteiger partial charge in [-0.05, 0) is 6.07 Å². The second-order valence-corrected chi connectivity index (χ2v) is 5.91. The molecule has 3 heterocycles. The summed E-state index contributed by atoms with van der Waals surface area (Å²) >= 11 is 7.56. The number of rotatable bonds is 3. The Bertz CT molecular complexity index is 993. The molecular weight excluding hydrogens is 340 g/mol. The van der Waals surface area contributed by atoms with E-state index in [-0.39, 0.29) is 11.9 Å². The molecule has 0 bridgehead atoms. The van der Waals surface area contributed by atoms with Gasteiger partial charge < -0.3 is 8.94 Å². The lowest BCUT2D eigenvalue weighted by Crippen LogP contribution is -2.10. The molecule has 0 saturated carbocycles. The van der Waals surface area contributed by atoms with Gasteiger partial charge in [0.05, 0.1) is 11.2 Å². The van der Waals surface area contributed by atoms with Crippen LogP contribution in [0.3, 0.4) is 0 Å². The first-order valence-corrected chi connectivity index (χ1v) is 7.65. The average Bonchev–Trinajstić information content (AvgIpc) is 3.27. The normalized spacial score (nSPS) is 11.0. The second-order valence-electron chi connectivity index (χ2n) is 4.48. The van der Waals surface area contributed by atoms with Gasteiger partial charge in [-0.3, -0.25) is 10.1 Å². The summed E-state index contributed by atoms with van der Waals surface area (Å²) in [5, 5.41) is 14.8. The highest BCUT2D eigenvalue weighted by atomic mass is 35.5. The van der Waals surface area contributed by atoms with Crippen LogP contribution in [0.1, 0.15) is 9.67 Å². The first-order chi connectivity index (χ1) is 11.2. The molecule has 4 rings (SSSR count). The third-order valence-corrected chi connectivity index (χ3v) is 4.71. The van der Waals surface area contributed by atoms with Gasteiger partial charge >= 0.3 is 6.01 Å². The first-order valence-electron chi connectivity index (χ1n) is 6.45. The van der Waals surface area contributed by atoms with Crippen molar-refractivity contribution in [3.05, 3.63) is 46.4 Å². The number of halogens is 1. The summed E-state index contributed by atoms with van der Waals surface area (Å²) in [6, 6.07) is 9.04. The molecule has 1 aromatic carbocycles. The average molecular weight is 347 g/mol. The Hall–Kier alpha value is -2.71. The number of carbonyl (C=O) groups excluding carboxylic acids is 1. The zero-order valence-corrected chi connectivity index (χ0v) is 12.9. The molecule has 3 aromatic heterocycles. The lowest BCUT2D eigenvalue weighted by atomic mass is 10.2. The van der Waals surface area contributed by atoms with Crippen LogP contribution < -0.4 is 5.32 Å². The third-order valence-electron chi connectivity index (χ3n) is 3.04. The van der Waals surface area contributed by atoms with Crippen LogP contribution in [0.2, 0.25) is 5.02 Å². The van der Waals surface area contributed by atoms with Gasteiger partial charge in [0.15, 0.2) is 0 Å². The van der Waals surface area contributed by atoms with Crippen LogP contribution in [0, 0.1) is 0 Å².